The van der Waals surface area contributed by atoms with Gasteiger partial charge in [0.15, 0.2) is 0 Å². The molecule has 1 saturated heterocycles. The number of nitrogens with one attached hydrogen (secondary N) is 4. The number of benzene rings is 1. The standard InChI is InChI=1S/C29H41FN8O4/c1-5-38-24(11-12-31-38)27(40)32-19(3)26(39)34-23-10-9-20(17-22(23)30)18(2)25(35-29(42)33-21-7-6-8-21)28(41)37-15-13-36(4)14-16-37/h9-12,17-19,21,25H,5-8,13-16H2,1-4H3,(H,32,40)(H,34,39)(H2,33,35,42)/t18-,19-,25+/m0/s1. The van der Waals surface area contributed by atoms with Crippen molar-refractivity contribution in [2.45, 2.75) is 70.6 Å². The summed E-state index contributed by atoms with van der Waals surface area (Å²) in [5, 5.41) is 14.9. The summed E-state index contributed by atoms with van der Waals surface area (Å²) in [4.78, 5) is 55.5. The maximum absolute atomic E-state index is 15.3. The molecule has 1 aromatic carbocycles. The second-order valence-electron chi connectivity index (χ2n) is 11.1. The van der Waals surface area contributed by atoms with Crippen molar-refractivity contribution in [2.24, 2.45) is 0 Å². The van der Waals surface area contributed by atoms with Gasteiger partial charge >= 0.3 is 6.03 Å². The molecule has 5 amide bonds. The van der Waals surface area contributed by atoms with Crippen LogP contribution in [0.25, 0.3) is 0 Å². The van der Waals surface area contributed by atoms with Crippen molar-refractivity contribution < 1.29 is 23.6 Å². The lowest BCUT2D eigenvalue weighted by atomic mass is 9.91. The van der Waals surface area contributed by atoms with Gasteiger partial charge in [0.25, 0.3) is 5.91 Å². The summed E-state index contributed by atoms with van der Waals surface area (Å²) in [7, 11) is 1.99. The number of likely N-dealkylation sites (N-methyl/N-ethyl adjacent to an activating group) is 1. The molecule has 1 aliphatic heterocycles. The molecule has 4 N–H and O–H groups in total. The molecule has 12 nitrogen and oxygen atoms in total. The first-order valence-corrected chi connectivity index (χ1v) is 14.5. The first kappa shape index (κ1) is 30.9. The average molecular weight is 585 g/mol. The van der Waals surface area contributed by atoms with Crippen molar-refractivity contribution in [3.63, 3.8) is 0 Å². The molecule has 0 bridgehead atoms. The highest BCUT2D eigenvalue weighted by molar-refractivity contribution is 6.00. The number of amides is 5. The third-order valence-electron chi connectivity index (χ3n) is 8.07. The van der Waals surface area contributed by atoms with Crippen LogP contribution in [0.2, 0.25) is 0 Å². The van der Waals surface area contributed by atoms with E-state index < -0.39 is 41.7 Å². The van der Waals surface area contributed by atoms with Gasteiger partial charge in [0.1, 0.15) is 23.6 Å². The number of halogens is 1. The molecule has 0 spiro atoms. The van der Waals surface area contributed by atoms with Crippen molar-refractivity contribution in [3.05, 3.63) is 47.5 Å². The van der Waals surface area contributed by atoms with Gasteiger partial charge in [-0.25, -0.2) is 9.18 Å². The summed E-state index contributed by atoms with van der Waals surface area (Å²) < 4.78 is 16.8. The van der Waals surface area contributed by atoms with Crippen molar-refractivity contribution >= 4 is 29.4 Å². The van der Waals surface area contributed by atoms with E-state index in [4.69, 9.17) is 0 Å². The molecule has 2 aliphatic rings. The molecule has 13 heteroatoms. The zero-order chi connectivity index (χ0) is 30.4. The van der Waals surface area contributed by atoms with Crippen LogP contribution < -0.4 is 21.3 Å². The van der Waals surface area contributed by atoms with E-state index >= 15 is 4.39 Å². The lowest BCUT2D eigenvalue weighted by molar-refractivity contribution is -0.135. The zero-order valence-corrected chi connectivity index (χ0v) is 24.7. The van der Waals surface area contributed by atoms with Crippen molar-refractivity contribution in [1.82, 2.24) is 35.5 Å². The number of carbonyl (C=O) groups excluding carboxylic acids is 4. The molecule has 228 valence electrons. The van der Waals surface area contributed by atoms with E-state index in [0.29, 0.717) is 30.9 Å². The number of aromatic nitrogens is 2. The number of piperazine rings is 1. The van der Waals surface area contributed by atoms with E-state index in [1.165, 1.54) is 29.9 Å². The van der Waals surface area contributed by atoms with Crippen LogP contribution in [0.15, 0.2) is 30.5 Å². The van der Waals surface area contributed by atoms with Crippen LogP contribution in [0.3, 0.4) is 0 Å². The van der Waals surface area contributed by atoms with Gasteiger partial charge in [-0.3, -0.25) is 19.1 Å². The molecular formula is C29H41FN8O4. The third-order valence-corrected chi connectivity index (χ3v) is 8.07. The third kappa shape index (κ3) is 7.44. The number of rotatable bonds is 10. The van der Waals surface area contributed by atoms with Crippen LogP contribution in [-0.4, -0.2) is 94.7 Å². The molecule has 2 aromatic rings. The summed E-state index contributed by atoms with van der Waals surface area (Å²) in [5.74, 6) is -2.52. The minimum Gasteiger partial charge on any atom is -0.339 e. The van der Waals surface area contributed by atoms with E-state index in [-0.39, 0.29) is 17.6 Å². The molecule has 1 aromatic heterocycles. The maximum atomic E-state index is 15.3. The van der Waals surface area contributed by atoms with Gasteiger partial charge in [0, 0.05) is 50.9 Å². The number of carbonyl (C=O) groups is 4. The predicted octanol–water partition coefficient (Wildman–Crippen LogP) is 1.90. The topological polar surface area (TPSA) is 141 Å². The highest BCUT2D eigenvalue weighted by Gasteiger charge is 2.34. The molecule has 4 rings (SSSR count). The van der Waals surface area contributed by atoms with E-state index in [2.05, 4.69) is 31.3 Å². The van der Waals surface area contributed by atoms with Crippen LogP contribution in [0, 0.1) is 5.82 Å². The number of nitrogens with zero attached hydrogens (tertiary/aromatic N) is 4. The number of urea groups is 1. The van der Waals surface area contributed by atoms with Crippen LogP contribution in [0.4, 0.5) is 14.9 Å². The monoisotopic (exact) mass is 584 g/mol. The van der Waals surface area contributed by atoms with Crippen LogP contribution in [0.5, 0.6) is 0 Å². The quantitative estimate of drug-likeness (QED) is 0.336. The summed E-state index contributed by atoms with van der Waals surface area (Å²) >= 11 is 0. The van der Waals surface area contributed by atoms with Crippen molar-refractivity contribution in [2.75, 3.05) is 38.5 Å². The van der Waals surface area contributed by atoms with E-state index in [1.807, 2.05) is 14.0 Å². The molecule has 1 aliphatic carbocycles. The van der Waals surface area contributed by atoms with Gasteiger partial charge in [-0.15, -0.1) is 0 Å². The lowest BCUT2D eigenvalue weighted by Gasteiger charge is -2.37. The Morgan fingerprint density at radius 1 is 1.05 bits per heavy atom. The maximum Gasteiger partial charge on any atom is 0.315 e. The van der Waals surface area contributed by atoms with Gasteiger partial charge < -0.3 is 31.1 Å². The number of hydrogen-bond donors (Lipinski definition) is 4. The zero-order valence-electron chi connectivity index (χ0n) is 24.7. The fraction of sp³-hybridized carbons (Fsp3) is 0.552. The van der Waals surface area contributed by atoms with E-state index in [1.54, 1.807) is 24.0 Å². The van der Waals surface area contributed by atoms with Crippen LogP contribution in [-0.2, 0) is 16.1 Å². The first-order chi connectivity index (χ1) is 20.1. The Morgan fingerprint density at radius 2 is 1.76 bits per heavy atom. The van der Waals surface area contributed by atoms with Gasteiger partial charge in [0.05, 0.1) is 5.69 Å². The average Bonchev–Trinajstić information content (AvgIpc) is 3.44. The van der Waals surface area contributed by atoms with Crippen LogP contribution >= 0.6 is 0 Å². The summed E-state index contributed by atoms with van der Waals surface area (Å²) in [6.45, 7) is 8.15. The number of anilines is 1. The summed E-state index contributed by atoms with van der Waals surface area (Å²) in [6, 6.07) is 3.70. The minimum absolute atomic E-state index is 0.0618. The smallest absolute Gasteiger partial charge is 0.315 e. The number of hydrogen-bond acceptors (Lipinski definition) is 6. The molecule has 42 heavy (non-hydrogen) atoms. The second kappa shape index (κ2) is 13.8. The number of aryl methyl sites for hydroxylation is 1. The highest BCUT2D eigenvalue weighted by Crippen LogP contribution is 2.26. The highest BCUT2D eigenvalue weighted by atomic mass is 19.1. The second-order valence-corrected chi connectivity index (χ2v) is 11.1. The fourth-order valence-electron chi connectivity index (χ4n) is 5.01. The van der Waals surface area contributed by atoms with E-state index in [0.717, 1.165) is 32.4 Å². The Labute approximate surface area is 245 Å². The Bertz CT molecular complexity index is 1290. The SMILES string of the molecule is CCn1nccc1C(=O)N[C@@H](C)C(=O)Nc1ccc([C@H](C)[C@@H](NC(=O)NC2CCC2)C(=O)N2CCN(C)CC2)cc1F. The minimum atomic E-state index is -0.945. The Morgan fingerprint density at radius 3 is 2.38 bits per heavy atom. The van der Waals surface area contributed by atoms with Gasteiger partial charge in [0.2, 0.25) is 11.8 Å². The Balaban J connectivity index is 1.43. The molecular weight excluding hydrogens is 543 g/mol. The van der Waals surface area contributed by atoms with Crippen molar-refractivity contribution in [1.29, 1.82) is 0 Å². The molecule has 0 unspecified atom stereocenters. The first-order valence-electron chi connectivity index (χ1n) is 14.5. The Kier molecular flexibility index (Phi) is 10.2. The Hall–Kier alpha value is -4.00. The summed E-state index contributed by atoms with van der Waals surface area (Å²) in [6.07, 6.45) is 4.37. The van der Waals surface area contributed by atoms with Gasteiger partial charge in [-0.05, 0) is 63.9 Å². The largest absolute Gasteiger partial charge is 0.339 e. The summed E-state index contributed by atoms with van der Waals surface area (Å²) in [5.41, 5.74) is 0.752. The molecule has 3 atom stereocenters. The molecule has 2 heterocycles. The van der Waals surface area contributed by atoms with Gasteiger partial charge in [-0.2, -0.15) is 5.10 Å². The van der Waals surface area contributed by atoms with Gasteiger partial charge in [-0.1, -0.05) is 13.0 Å². The normalized spacial score (nSPS) is 17.9. The van der Waals surface area contributed by atoms with E-state index in [9.17, 15) is 19.2 Å². The van der Waals surface area contributed by atoms with Crippen molar-refractivity contribution in [3.8, 4) is 0 Å². The van der Waals surface area contributed by atoms with Crippen LogP contribution in [0.1, 0.15) is 62.0 Å². The fourth-order valence-corrected chi connectivity index (χ4v) is 5.01. The molecule has 1 saturated carbocycles. The molecule has 0 radical (unpaired) electrons. The predicted molar refractivity (Wildman–Crippen MR) is 155 cm³/mol. The lowest BCUT2D eigenvalue weighted by Crippen LogP contribution is -2.58. The molecule has 2 fully saturated rings.